The molecule has 0 bridgehead atoms. The first-order valence-electron chi connectivity index (χ1n) is 6.14. The van der Waals surface area contributed by atoms with Crippen molar-refractivity contribution in [3.63, 3.8) is 0 Å². The van der Waals surface area contributed by atoms with Crippen LogP contribution in [0.3, 0.4) is 0 Å². The summed E-state index contributed by atoms with van der Waals surface area (Å²) < 4.78 is 5.27. The van der Waals surface area contributed by atoms with Crippen LogP contribution in [0.4, 0.5) is 11.4 Å². The van der Waals surface area contributed by atoms with Gasteiger partial charge in [0, 0.05) is 24.8 Å². The fraction of sp³-hybridized carbons (Fsp3) is 0.385. The Hall–Kier alpha value is -2.66. The molecule has 21 heavy (non-hydrogen) atoms. The van der Waals surface area contributed by atoms with Crippen molar-refractivity contribution < 1.29 is 19.6 Å². The SMILES string of the molecule is CC1(OCC(=O)O)CN(c2ccc(C#N)c([N+](=O)[O-])c2)C1. The van der Waals surface area contributed by atoms with Gasteiger partial charge in [0.2, 0.25) is 0 Å². The molecule has 110 valence electrons. The van der Waals surface area contributed by atoms with E-state index in [9.17, 15) is 14.9 Å². The van der Waals surface area contributed by atoms with E-state index in [4.69, 9.17) is 15.1 Å². The maximum Gasteiger partial charge on any atom is 0.329 e. The van der Waals surface area contributed by atoms with Crippen LogP contribution in [0.1, 0.15) is 12.5 Å². The van der Waals surface area contributed by atoms with Crippen molar-refractivity contribution in [3.05, 3.63) is 33.9 Å². The van der Waals surface area contributed by atoms with Crippen molar-refractivity contribution in [1.82, 2.24) is 0 Å². The molecule has 8 nitrogen and oxygen atoms in total. The Balaban J connectivity index is 2.09. The standard InChI is InChI=1S/C13H13N3O5/c1-13(21-6-12(17)18)7-15(8-13)10-3-2-9(5-14)11(4-10)16(19)20/h2-4H,6-8H2,1H3,(H,17,18). The molecule has 1 saturated heterocycles. The number of carbonyl (C=O) groups is 1. The number of carboxylic acids is 1. The zero-order chi connectivity index (χ0) is 15.6. The van der Waals surface area contributed by atoms with Gasteiger partial charge >= 0.3 is 5.97 Å². The fourth-order valence-corrected chi connectivity index (χ4v) is 2.23. The molecule has 1 aromatic rings. The van der Waals surface area contributed by atoms with Gasteiger partial charge in [-0.1, -0.05) is 0 Å². The maximum absolute atomic E-state index is 10.9. The van der Waals surface area contributed by atoms with Gasteiger partial charge in [-0.3, -0.25) is 10.1 Å². The summed E-state index contributed by atoms with van der Waals surface area (Å²) in [6, 6.07) is 6.15. The van der Waals surface area contributed by atoms with Crippen LogP contribution in [-0.4, -0.2) is 41.3 Å². The molecule has 1 aliphatic heterocycles. The van der Waals surface area contributed by atoms with Crippen LogP contribution in [0.2, 0.25) is 0 Å². The number of ether oxygens (including phenoxy) is 1. The lowest BCUT2D eigenvalue weighted by atomic mass is 9.95. The van der Waals surface area contributed by atoms with E-state index in [-0.39, 0.29) is 17.9 Å². The van der Waals surface area contributed by atoms with Gasteiger partial charge in [-0.2, -0.15) is 5.26 Å². The van der Waals surface area contributed by atoms with Gasteiger partial charge in [0.25, 0.3) is 5.69 Å². The summed E-state index contributed by atoms with van der Waals surface area (Å²) in [4.78, 5) is 22.6. The van der Waals surface area contributed by atoms with E-state index < -0.39 is 16.5 Å². The molecule has 1 heterocycles. The molecular weight excluding hydrogens is 278 g/mol. The number of carboxylic acid groups (broad SMARTS) is 1. The molecular formula is C13H13N3O5. The first-order valence-corrected chi connectivity index (χ1v) is 6.14. The van der Waals surface area contributed by atoms with Crippen molar-refractivity contribution in [3.8, 4) is 6.07 Å². The summed E-state index contributed by atoms with van der Waals surface area (Å²) in [5, 5.41) is 28.3. The smallest absolute Gasteiger partial charge is 0.329 e. The molecule has 0 atom stereocenters. The largest absolute Gasteiger partial charge is 0.480 e. The highest BCUT2D eigenvalue weighted by Gasteiger charge is 2.40. The average molecular weight is 291 g/mol. The average Bonchev–Trinajstić information content (AvgIpc) is 2.41. The third-order valence-corrected chi connectivity index (χ3v) is 3.26. The second-order valence-corrected chi connectivity index (χ2v) is 5.06. The highest BCUT2D eigenvalue weighted by Crippen LogP contribution is 2.33. The molecule has 1 fully saturated rings. The van der Waals surface area contributed by atoms with E-state index in [2.05, 4.69) is 0 Å². The van der Waals surface area contributed by atoms with Crippen LogP contribution in [0.5, 0.6) is 0 Å². The van der Waals surface area contributed by atoms with Crippen molar-refractivity contribution >= 4 is 17.3 Å². The number of nitriles is 1. The first kappa shape index (κ1) is 14.7. The Morgan fingerprint density at radius 1 is 1.62 bits per heavy atom. The Morgan fingerprint density at radius 2 is 2.29 bits per heavy atom. The van der Waals surface area contributed by atoms with Crippen LogP contribution in [0.15, 0.2) is 18.2 Å². The predicted octanol–water partition coefficient (Wildman–Crippen LogP) is 1.15. The number of anilines is 1. The second-order valence-electron chi connectivity index (χ2n) is 5.06. The van der Waals surface area contributed by atoms with Crippen molar-refractivity contribution in [1.29, 1.82) is 5.26 Å². The third-order valence-electron chi connectivity index (χ3n) is 3.26. The van der Waals surface area contributed by atoms with Crippen molar-refractivity contribution in [2.75, 3.05) is 24.6 Å². The Labute approximate surface area is 120 Å². The number of hydrogen-bond acceptors (Lipinski definition) is 6. The van der Waals surface area contributed by atoms with Gasteiger partial charge in [-0.15, -0.1) is 0 Å². The van der Waals surface area contributed by atoms with E-state index in [1.165, 1.54) is 12.1 Å². The lowest BCUT2D eigenvalue weighted by Gasteiger charge is -2.48. The molecule has 0 amide bonds. The van der Waals surface area contributed by atoms with Crippen LogP contribution in [0.25, 0.3) is 0 Å². The van der Waals surface area contributed by atoms with Gasteiger partial charge < -0.3 is 14.7 Å². The van der Waals surface area contributed by atoms with E-state index in [0.717, 1.165) is 0 Å². The van der Waals surface area contributed by atoms with Crippen LogP contribution in [-0.2, 0) is 9.53 Å². The molecule has 1 N–H and O–H groups in total. The molecule has 1 aromatic carbocycles. The Kier molecular flexibility index (Phi) is 3.78. The topological polar surface area (TPSA) is 117 Å². The van der Waals surface area contributed by atoms with Crippen molar-refractivity contribution in [2.45, 2.75) is 12.5 Å². The molecule has 0 saturated carbocycles. The summed E-state index contributed by atoms with van der Waals surface area (Å²) >= 11 is 0. The number of nitrogens with zero attached hydrogens (tertiary/aromatic N) is 3. The molecule has 0 aliphatic carbocycles. The third kappa shape index (κ3) is 3.09. The van der Waals surface area contributed by atoms with E-state index in [0.29, 0.717) is 18.8 Å². The predicted molar refractivity (Wildman–Crippen MR) is 72.0 cm³/mol. The molecule has 8 heteroatoms. The van der Waals surface area contributed by atoms with Crippen LogP contribution >= 0.6 is 0 Å². The van der Waals surface area contributed by atoms with Crippen LogP contribution in [0, 0.1) is 21.4 Å². The Bertz CT molecular complexity index is 631. The fourth-order valence-electron chi connectivity index (χ4n) is 2.23. The van der Waals surface area contributed by atoms with E-state index in [1.807, 2.05) is 4.90 Å². The van der Waals surface area contributed by atoms with E-state index >= 15 is 0 Å². The molecule has 0 unspecified atom stereocenters. The molecule has 1 aliphatic rings. The number of nitro benzene ring substituents is 1. The van der Waals surface area contributed by atoms with Crippen LogP contribution < -0.4 is 4.90 Å². The molecule has 2 rings (SSSR count). The summed E-state index contributed by atoms with van der Waals surface area (Å²) in [5.74, 6) is -1.04. The van der Waals surface area contributed by atoms with Gasteiger partial charge in [0.1, 0.15) is 23.8 Å². The zero-order valence-electron chi connectivity index (χ0n) is 11.3. The number of rotatable bonds is 5. The number of hydrogen-bond donors (Lipinski definition) is 1. The Morgan fingerprint density at radius 3 is 2.81 bits per heavy atom. The first-order chi connectivity index (χ1) is 9.84. The number of aliphatic carboxylic acids is 1. The maximum atomic E-state index is 10.9. The quantitative estimate of drug-likeness (QED) is 0.638. The van der Waals surface area contributed by atoms with Gasteiger partial charge in [-0.05, 0) is 19.1 Å². The minimum absolute atomic E-state index is 0.00848. The minimum Gasteiger partial charge on any atom is -0.480 e. The lowest BCUT2D eigenvalue weighted by Crippen LogP contribution is -2.62. The van der Waals surface area contributed by atoms with Crippen molar-refractivity contribution in [2.24, 2.45) is 0 Å². The van der Waals surface area contributed by atoms with E-state index in [1.54, 1.807) is 19.1 Å². The molecule has 0 spiro atoms. The summed E-state index contributed by atoms with van der Waals surface area (Å²) in [6.07, 6.45) is 0. The summed E-state index contributed by atoms with van der Waals surface area (Å²) in [6.45, 7) is 2.27. The molecule has 0 radical (unpaired) electrons. The monoisotopic (exact) mass is 291 g/mol. The highest BCUT2D eigenvalue weighted by atomic mass is 16.6. The summed E-state index contributed by atoms with van der Waals surface area (Å²) in [5.41, 5.74) is -0.206. The molecule has 0 aromatic heterocycles. The van der Waals surface area contributed by atoms with Gasteiger partial charge in [0.15, 0.2) is 0 Å². The summed E-state index contributed by atoms with van der Waals surface area (Å²) in [7, 11) is 0. The number of nitro groups is 1. The lowest BCUT2D eigenvalue weighted by molar-refractivity contribution is -0.385. The minimum atomic E-state index is -1.04. The van der Waals surface area contributed by atoms with Gasteiger partial charge in [-0.25, -0.2) is 4.79 Å². The van der Waals surface area contributed by atoms with Gasteiger partial charge in [0.05, 0.1) is 4.92 Å². The zero-order valence-corrected chi connectivity index (χ0v) is 11.3. The normalized spacial score (nSPS) is 15.9. The highest BCUT2D eigenvalue weighted by molar-refractivity contribution is 5.68. The second kappa shape index (κ2) is 5.38. The number of benzene rings is 1.